The summed E-state index contributed by atoms with van der Waals surface area (Å²) in [5, 5.41) is 3.73. The van der Waals surface area contributed by atoms with Gasteiger partial charge in [-0.1, -0.05) is 18.2 Å². The largest absolute Gasteiger partial charge is 0.348 e. The van der Waals surface area contributed by atoms with Crippen molar-refractivity contribution in [1.29, 1.82) is 0 Å². The molecule has 0 radical (unpaired) electrons. The van der Waals surface area contributed by atoms with Gasteiger partial charge < -0.3 is 5.32 Å². The smallest absolute Gasteiger partial charge is 0.261 e. The minimum absolute atomic E-state index is 0.0519. The molecule has 102 valence electrons. The second-order valence-corrected chi connectivity index (χ2v) is 7.88. The number of hydrogen-bond acceptors (Lipinski definition) is 4. The summed E-state index contributed by atoms with van der Waals surface area (Å²) >= 11 is 1.40. The van der Waals surface area contributed by atoms with E-state index >= 15 is 0 Å². The zero-order chi connectivity index (χ0) is 14.0. The van der Waals surface area contributed by atoms with Gasteiger partial charge in [0.15, 0.2) is 0 Å². The summed E-state index contributed by atoms with van der Waals surface area (Å²) in [6, 6.07) is 9.17. The summed E-state index contributed by atoms with van der Waals surface area (Å²) in [5.74, 6) is -0.277. The van der Waals surface area contributed by atoms with Crippen molar-refractivity contribution in [3.05, 3.63) is 35.2 Å². The Hall–Kier alpha value is -1.40. The number of carbonyl (C=O) groups is 1. The number of thiophene rings is 1. The zero-order valence-electron chi connectivity index (χ0n) is 10.7. The van der Waals surface area contributed by atoms with E-state index in [1.807, 2.05) is 30.3 Å². The standard InChI is InChI=1S/C13H15NO3S2/c1-9(8-19(2,16)17)14-13(15)12-7-10-5-3-4-6-11(10)18-12/h3-7,9H,8H2,1-2H3,(H,14,15). The van der Waals surface area contributed by atoms with Gasteiger partial charge in [-0.05, 0) is 24.4 Å². The van der Waals surface area contributed by atoms with Gasteiger partial charge >= 0.3 is 0 Å². The predicted molar refractivity (Wildman–Crippen MR) is 78.5 cm³/mol. The van der Waals surface area contributed by atoms with Crippen LogP contribution in [0.2, 0.25) is 0 Å². The molecular weight excluding hydrogens is 282 g/mol. The number of sulfone groups is 1. The molecule has 1 atom stereocenters. The van der Waals surface area contributed by atoms with Gasteiger partial charge in [0, 0.05) is 17.0 Å². The van der Waals surface area contributed by atoms with Crippen LogP contribution in [0.3, 0.4) is 0 Å². The van der Waals surface area contributed by atoms with Crippen LogP contribution < -0.4 is 5.32 Å². The number of fused-ring (bicyclic) bond motifs is 1. The molecule has 1 heterocycles. The molecule has 2 aromatic rings. The summed E-state index contributed by atoms with van der Waals surface area (Å²) in [4.78, 5) is 12.6. The van der Waals surface area contributed by atoms with Gasteiger partial charge in [0.05, 0.1) is 10.6 Å². The Morgan fingerprint density at radius 1 is 1.37 bits per heavy atom. The van der Waals surface area contributed by atoms with Crippen molar-refractivity contribution < 1.29 is 13.2 Å². The van der Waals surface area contributed by atoms with E-state index in [0.29, 0.717) is 4.88 Å². The quantitative estimate of drug-likeness (QED) is 0.939. The van der Waals surface area contributed by atoms with E-state index in [1.165, 1.54) is 11.3 Å². The summed E-state index contributed by atoms with van der Waals surface area (Å²) < 4.78 is 23.3. The van der Waals surface area contributed by atoms with Crippen molar-refractivity contribution in [3.8, 4) is 0 Å². The first-order valence-corrected chi connectivity index (χ1v) is 8.70. The monoisotopic (exact) mass is 297 g/mol. The van der Waals surface area contributed by atoms with E-state index in [-0.39, 0.29) is 11.7 Å². The van der Waals surface area contributed by atoms with Gasteiger partial charge in [-0.15, -0.1) is 11.3 Å². The minimum Gasteiger partial charge on any atom is -0.348 e. The summed E-state index contributed by atoms with van der Waals surface area (Å²) in [5.41, 5.74) is 0. The van der Waals surface area contributed by atoms with Gasteiger partial charge in [-0.2, -0.15) is 0 Å². The Balaban J connectivity index is 2.11. The average molecular weight is 297 g/mol. The van der Waals surface area contributed by atoms with Crippen LogP contribution in [-0.2, 0) is 9.84 Å². The second-order valence-electron chi connectivity index (χ2n) is 4.62. The molecular formula is C13H15NO3S2. The highest BCUT2D eigenvalue weighted by Gasteiger charge is 2.16. The zero-order valence-corrected chi connectivity index (χ0v) is 12.3. The molecule has 1 amide bonds. The van der Waals surface area contributed by atoms with Crippen LogP contribution in [0.15, 0.2) is 30.3 Å². The maximum Gasteiger partial charge on any atom is 0.261 e. The second kappa shape index (κ2) is 5.30. The van der Waals surface area contributed by atoms with E-state index in [9.17, 15) is 13.2 Å². The third-order valence-electron chi connectivity index (χ3n) is 2.58. The van der Waals surface area contributed by atoms with Gasteiger partial charge in [0.25, 0.3) is 5.91 Å². The van der Waals surface area contributed by atoms with E-state index in [0.717, 1.165) is 16.3 Å². The van der Waals surface area contributed by atoms with Crippen LogP contribution in [0.5, 0.6) is 0 Å². The molecule has 0 bridgehead atoms. The lowest BCUT2D eigenvalue weighted by molar-refractivity contribution is 0.0948. The minimum atomic E-state index is -3.09. The van der Waals surface area contributed by atoms with Gasteiger partial charge in [0.1, 0.15) is 9.84 Å². The number of nitrogens with one attached hydrogen (secondary N) is 1. The lowest BCUT2D eigenvalue weighted by atomic mass is 10.2. The summed E-state index contributed by atoms with van der Waals surface area (Å²) in [6.45, 7) is 1.69. The highest BCUT2D eigenvalue weighted by Crippen LogP contribution is 2.25. The van der Waals surface area contributed by atoms with Crippen molar-refractivity contribution in [1.82, 2.24) is 5.32 Å². The molecule has 6 heteroatoms. The molecule has 0 saturated carbocycles. The van der Waals surface area contributed by atoms with Crippen molar-refractivity contribution in [2.24, 2.45) is 0 Å². The van der Waals surface area contributed by atoms with Crippen LogP contribution in [-0.4, -0.2) is 32.4 Å². The van der Waals surface area contributed by atoms with Gasteiger partial charge in [-0.3, -0.25) is 4.79 Å². The van der Waals surface area contributed by atoms with Crippen molar-refractivity contribution in [2.45, 2.75) is 13.0 Å². The van der Waals surface area contributed by atoms with Crippen LogP contribution in [0, 0.1) is 0 Å². The Morgan fingerprint density at radius 3 is 2.68 bits per heavy atom. The van der Waals surface area contributed by atoms with E-state index in [1.54, 1.807) is 6.92 Å². The molecule has 1 N–H and O–H groups in total. The van der Waals surface area contributed by atoms with E-state index < -0.39 is 15.9 Å². The van der Waals surface area contributed by atoms with Crippen LogP contribution in [0.25, 0.3) is 10.1 Å². The Morgan fingerprint density at radius 2 is 2.05 bits per heavy atom. The third-order valence-corrected chi connectivity index (χ3v) is 4.80. The molecule has 0 aliphatic carbocycles. The molecule has 1 aromatic heterocycles. The normalized spacial score (nSPS) is 13.4. The molecule has 0 aliphatic heterocycles. The maximum absolute atomic E-state index is 12.0. The van der Waals surface area contributed by atoms with Crippen molar-refractivity contribution in [2.75, 3.05) is 12.0 Å². The lowest BCUT2D eigenvalue weighted by Crippen LogP contribution is -2.36. The molecule has 0 aliphatic rings. The fourth-order valence-corrected chi connectivity index (χ4v) is 3.84. The molecule has 19 heavy (non-hydrogen) atoms. The van der Waals surface area contributed by atoms with Crippen LogP contribution in [0.1, 0.15) is 16.6 Å². The van der Waals surface area contributed by atoms with E-state index in [4.69, 9.17) is 0 Å². The molecule has 0 saturated heterocycles. The summed E-state index contributed by atoms with van der Waals surface area (Å²) in [7, 11) is -3.09. The molecule has 2 rings (SSSR count). The molecule has 1 unspecified atom stereocenters. The Kier molecular flexibility index (Phi) is 3.91. The molecule has 4 nitrogen and oxygen atoms in total. The number of carbonyl (C=O) groups excluding carboxylic acids is 1. The average Bonchev–Trinajstić information content (AvgIpc) is 2.69. The maximum atomic E-state index is 12.0. The summed E-state index contributed by atoms with van der Waals surface area (Å²) in [6.07, 6.45) is 1.16. The molecule has 1 aromatic carbocycles. The first-order chi connectivity index (χ1) is 8.85. The Bertz CT molecular complexity index is 671. The van der Waals surface area contributed by atoms with Gasteiger partial charge in [0.2, 0.25) is 0 Å². The first kappa shape index (κ1) is 14.0. The Labute approximate surface area is 116 Å². The predicted octanol–water partition coefficient (Wildman–Crippen LogP) is 2.06. The highest BCUT2D eigenvalue weighted by molar-refractivity contribution is 7.90. The number of benzene rings is 1. The lowest BCUT2D eigenvalue weighted by Gasteiger charge is -2.11. The SMILES string of the molecule is CC(CS(C)(=O)=O)NC(=O)c1cc2ccccc2s1. The van der Waals surface area contributed by atoms with Crippen LogP contribution in [0.4, 0.5) is 0 Å². The van der Waals surface area contributed by atoms with E-state index in [2.05, 4.69) is 5.32 Å². The molecule has 0 fully saturated rings. The highest BCUT2D eigenvalue weighted by atomic mass is 32.2. The van der Waals surface area contributed by atoms with Crippen molar-refractivity contribution in [3.63, 3.8) is 0 Å². The molecule has 0 spiro atoms. The number of rotatable bonds is 4. The third kappa shape index (κ3) is 3.78. The fraction of sp³-hybridized carbons (Fsp3) is 0.308. The first-order valence-electron chi connectivity index (χ1n) is 5.82. The fourth-order valence-electron chi connectivity index (χ4n) is 1.88. The number of hydrogen-bond donors (Lipinski definition) is 1. The number of amides is 1. The van der Waals surface area contributed by atoms with Gasteiger partial charge in [-0.25, -0.2) is 8.42 Å². The van der Waals surface area contributed by atoms with Crippen LogP contribution >= 0.6 is 11.3 Å². The van der Waals surface area contributed by atoms with Crippen molar-refractivity contribution >= 4 is 37.2 Å². The topological polar surface area (TPSA) is 63.2 Å².